The molecule has 0 atom stereocenters. The summed E-state index contributed by atoms with van der Waals surface area (Å²) in [5, 5.41) is 14.4. The van der Waals surface area contributed by atoms with Gasteiger partial charge in [-0.15, -0.1) is 0 Å². The lowest BCUT2D eigenvalue weighted by molar-refractivity contribution is -0.385. The zero-order valence-electron chi connectivity index (χ0n) is 11.0. The molecule has 1 N–H and O–H groups in total. The maximum atomic E-state index is 10.5. The summed E-state index contributed by atoms with van der Waals surface area (Å²) in [6, 6.07) is 6.43. The summed E-state index contributed by atoms with van der Waals surface area (Å²) >= 11 is 0. The molecule has 0 spiro atoms. The van der Waals surface area contributed by atoms with Gasteiger partial charge in [-0.25, -0.2) is 4.98 Å². The van der Waals surface area contributed by atoms with E-state index in [9.17, 15) is 10.1 Å². The van der Waals surface area contributed by atoms with Crippen molar-refractivity contribution in [1.82, 2.24) is 4.98 Å². The van der Waals surface area contributed by atoms with Crippen LogP contribution in [0.25, 0.3) is 0 Å². The lowest BCUT2D eigenvalue weighted by Crippen LogP contribution is -2.06. The first-order valence-electron chi connectivity index (χ1n) is 5.73. The van der Waals surface area contributed by atoms with E-state index in [1.165, 1.54) is 18.3 Å². The topological polar surface area (TPSA) is 96.8 Å². The first-order valence-corrected chi connectivity index (χ1v) is 5.73. The number of hydrogen-bond acceptors (Lipinski definition) is 7. The van der Waals surface area contributed by atoms with Crippen LogP contribution in [0.5, 0.6) is 0 Å². The van der Waals surface area contributed by atoms with Crippen molar-refractivity contribution in [2.45, 2.75) is 0 Å². The molecular formula is C12H13N5O3. The molecule has 2 aromatic heterocycles. The van der Waals surface area contributed by atoms with Gasteiger partial charge < -0.3 is 9.32 Å². The molecule has 0 fully saturated rings. The van der Waals surface area contributed by atoms with Crippen LogP contribution in [-0.4, -0.2) is 30.2 Å². The average Bonchev–Trinajstić information content (AvgIpc) is 2.88. The van der Waals surface area contributed by atoms with Gasteiger partial charge in [0.2, 0.25) is 0 Å². The summed E-state index contributed by atoms with van der Waals surface area (Å²) in [6.07, 6.45) is 2.66. The molecule has 0 saturated carbocycles. The lowest BCUT2D eigenvalue weighted by atomic mass is 10.4. The number of hydrazone groups is 1. The van der Waals surface area contributed by atoms with E-state index in [1.54, 1.807) is 6.07 Å². The average molecular weight is 275 g/mol. The van der Waals surface area contributed by atoms with Gasteiger partial charge in [-0.3, -0.25) is 15.5 Å². The van der Waals surface area contributed by atoms with E-state index in [1.807, 2.05) is 25.1 Å². The van der Waals surface area contributed by atoms with E-state index in [0.717, 1.165) is 12.1 Å². The van der Waals surface area contributed by atoms with Crippen molar-refractivity contribution in [2.24, 2.45) is 5.10 Å². The Balaban J connectivity index is 1.96. The van der Waals surface area contributed by atoms with Crippen LogP contribution in [0.3, 0.4) is 0 Å². The van der Waals surface area contributed by atoms with E-state index >= 15 is 0 Å². The Kier molecular flexibility index (Phi) is 3.94. The molecule has 8 nitrogen and oxygen atoms in total. The highest BCUT2D eigenvalue weighted by molar-refractivity contribution is 5.77. The van der Waals surface area contributed by atoms with Crippen molar-refractivity contribution < 1.29 is 9.34 Å². The first-order chi connectivity index (χ1) is 9.56. The molecule has 0 aromatic carbocycles. The highest BCUT2D eigenvalue weighted by Crippen LogP contribution is 2.14. The number of aromatic nitrogens is 1. The quantitative estimate of drug-likeness (QED) is 0.510. The molecule has 104 valence electrons. The molecule has 0 saturated heterocycles. The highest BCUT2D eigenvalue weighted by atomic mass is 16.6. The zero-order chi connectivity index (χ0) is 14.5. The zero-order valence-corrected chi connectivity index (χ0v) is 11.0. The highest BCUT2D eigenvalue weighted by Gasteiger charge is 2.04. The van der Waals surface area contributed by atoms with E-state index in [-0.39, 0.29) is 5.69 Å². The summed E-state index contributed by atoms with van der Waals surface area (Å²) in [4.78, 5) is 15.7. The van der Waals surface area contributed by atoms with Gasteiger partial charge in [0.1, 0.15) is 17.8 Å². The van der Waals surface area contributed by atoms with Gasteiger partial charge in [-0.2, -0.15) is 5.10 Å². The van der Waals surface area contributed by atoms with Crippen molar-refractivity contribution in [1.29, 1.82) is 0 Å². The number of rotatable bonds is 5. The molecular weight excluding hydrogens is 262 g/mol. The van der Waals surface area contributed by atoms with Crippen molar-refractivity contribution in [3.05, 3.63) is 46.3 Å². The Morgan fingerprint density at radius 2 is 2.20 bits per heavy atom. The van der Waals surface area contributed by atoms with Gasteiger partial charge in [0, 0.05) is 26.2 Å². The fraction of sp³-hybridized carbons (Fsp3) is 0.167. The first kappa shape index (κ1) is 13.5. The van der Waals surface area contributed by atoms with Crippen LogP contribution in [0.4, 0.5) is 17.4 Å². The fourth-order valence-electron chi connectivity index (χ4n) is 1.37. The standard InChI is InChI=1S/C12H13N5O3/c1-16(2)12-6-4-10(20-12)8-14-15-11-5-3-9(7-13-11)17(18)19/h3-8H,1-2H3,(H,13,15)/b14-8-. The molecule has 0 radical (unpaired) electrons. The predicted molar refractivity (Wildman–Crippen MR) is 75.1 cm³/mol. The smallest absolute Gasteiger partial charge is 0.287 e. The van der Waals surface area contributed by atoms with Crippen LogP contribution in [0.1, 0.15) is 5.76 Å². The van der Waals surface area contributed by atoms with Crippen LogP contribution >= 0.6 is 0 Å². The number of nitrogens with zero attached hydrogens (tertiary/aromatic N) is 4. The molecule has 0 bridgehead atoms. The van der Waals surface area contributed by atoms with Crippen LogP contribution in [-0.2, 0) is 0 Å². The molecule has 0 aliphatic carbocycles. The maximum Gasteiger partial charge on any atom is 0.287 e. The summed E-state index contributed by atoms with van der Waals surface area (Å²) < 4.78 is 5.46. The minimum absolute atomic E-state index is 0.0683. The molecule has 0 aliphatic rings. The van der Waals surface area contributed by atoms with Crippen LogP contribution in [0.15, 0.2) is 40.0 Å². The summed E-state index contributed by atoms with van der Waals surface area (Å²) in [5.41, 5.74) is 2.59. The minimum Gasteiger partial charge on any atom is -0.440 e. The maximum absolute atomic E-state index is 10.5. The van der Waals surface area contributed by atoms with Gasteiger partial charge in [-0.05, 0) is 12.1 Å². The van der Waals surface area contributed by atoms with E-state index in [0.29, 0.717) is 11.6 Å². The van der Waals surface area contributed by atoms with Crippen LogP contribution in [0, 0.1) is 10.1 Å². The van der Waals surface area contributed by atoms with E-state index in [2.05, 4.69) is 15.5 Å². The number of nitrogens with one attached hydrogen (secondary N) is 1. The fourth-order valence-corrected chi connectivity index (χ4v) is 1.37. The van der Waals surface area contributed by atoms with Gasteiger partial charge in [0.25, 0.3) is 5.69 Å². The van der Waals surface area contributed by atoms with Gasteiger partial charge in [0.15, 0.2) is 5.88 Å². The molecule has 2 aromatic rings. The van der Waals surface area contributed by atoms with Crippen molar-refractivity contribution in [3.63, 3.8) is 0 Å². The summed E-state index contributed by atoms with van der Waals surface area (Å²) in [5.74, 6) is 1.72. The molecule has 2 rings (SSSR count). The molecule has 20 heavy (non-hydrogen) atoms. The molecule has 0 amide bonds. The van der Waals surface area contributed by atoms with Gasteiger partial charge in [0.05, 0.1) is 11.1 Å². The largest absolute Gasteiger partial charge is 0.440 e. The SMILES string of the molecule is CN(C)c1ccc(/C=N\Nc2ccc([N+](=O)[O-])cn2)o1. The van der Waals surface area contributed by atoms with E-state index < -0.39 is 4.92 Å². The minimum atomic E-state index is -0.508. The Morgan fingerprint density at radius 1 is 1.40 bits per heavy atom. The van der Waals surface area contributed by atoms with Crippen LogP contribution in [0.2, 0.25) is 0 Å². The normalized spacial score (nSPS) is 10.7. The van der Waals surface area contributed by atoms with Crippen molar-refractivity contribution in [2.75, 3.05) is 24.4 Å². The number of furan rings is 1. The third-order valence-corrected chi connectivity index (χ3v) is 2.38. The van der Waals surface area contributed by atoms with Gasteiger partial charge in [-0.1, -0.05) is 0 Å². The van der Waals surface area contributed by atoms with Crippen molar-refractivity contribution in [3.8, 4) is 0 Å². The Labute approximate surface area is 114 Å². The van der Waals surface area contributed by atoms with Gasteiger partial charge >= 0.3 is 0 Å². The Hall–Kier alpha value is -2.90. The number of anilines is 2. The number of hydrogen-bond donors (Lipinski definition) is 1. The third-order valence-electron chi connectivity index (χ3n) is 2.38. The van der Waals surface area contributed by atoms with E-state index in [4.69, 9.17) is 4.42 Å². The predicted octanol–water partition coefficient (Wildman–Crippen LogP) is 2.09. The monoisotopic (exact) mass is 275 g/mol. The summed E-state index contributed by atoms with van der Waals surface area (Å²) in [6.45, 7) is 0. The van der Waals surface area contributed by atoms with Crippen molar-refractivity contribution >= 4 is 23.6 Å². The Morgan fingerprint density at radius 3 is 2.75 bits per heavy atom. The lowest BCUT2D eigenvalue weighted by Gasteiger charge is -2.05. The van der Waals surface area contributed by atoms with Crippen LogP contribution < -0.4 is 10.3 Å². The second-order valence-electron chi connectivity index (χ2n) is 4.10. The number of nitro groups is 1. The summed E-state index contributed by atoms with van der Waals surface area (Å²) in [7, 11) is 3.75. The molecule has 0 aliphatic heterocycles. The second-order valence-corrected chi connectivity index (χ2v) is 4.10. The molecule has 2 heterocycles. The second kappa shape index (κ2) is 5.83. The molecule has 8 heteroatoms. The third kappa shape index (κ3) is 3.31. The Bertz CT molecular complexity index is 618. The molecule has 0 unspecified atom stereocenters. The number of pyridine rings is 1.